The molecule has 2 aromatic rings. The van der Waals surface area contributed by atoms with E-state index in [1.54, 1.807) is 0 Å². The zero-order chi connectivity index (χ0) is 12.6. The Balaban J connectivity index is 2.58. The molecule has 0 saturated heterocycles. The molecule has 2 nitrogen and oxygen atoms in total. The lowest BCUT2D eigenvalue weighted by Gasteiger charge is -2.06. The summed E-state index contributed by atoms with van der Waals surface area (Å²) in [5, 5.41) is -0.226. The molecule has 6 heteroatoms. The fourth-order valence-corrected chi connectivity index (χ4v) is 1.52. The van der Waals surface area contributed by atoms with E-state index in [2.05, 4.69) is 4.98 Å². The smallest absolute Gasteiger partial charge is 0.276 e. The van der Waals surface area contributed by atoms with Crippen molar-refractivity contribution in [3.8, 4) is 0 Å². The Morgan fingerprint density at radius 2 is 1.88 bits per heavy atom. The lowest BCUT2D eigenvalue weighted by atomic mass is 10.1. The molecule has 0 saturated carbocycles. The highest BCUT2D eigenvalue weighted by Crippen LogP contribution is 2.29. The van der Waals surface area contributed by atoms with Gasteiger partial charge in [0.2, 0.25) is 0 Å². The van der Waals surface area contributed by atoms with E-state index in [1.807, 2.05) is 0 Å². The highest BCUT2D eigenvalue weighted by Gasteiger charge is 2.32. The van der Waals surface area contributed by atoms with Gasteiger partial charge in [-0.2, -0.15) is 13.2 Å². The summed E-state index contributed by atoms with van der Waals surface area (Å²) in [4.78, 5) is 14.3. The van der Waals surface area contributed by atoms with Crippen LogP contribution in [0.2, 0.25) is 0 Å². The van der Waals surface area contributed by atoms with Crippen LogP contribution in [0, 0.1) is 0 Å². The summed E-state index contributed by atoms with van der Waals surface area (Å²) in [6.45, 7) is 0. The van der Waals surface area contributed by atoms with Crippen molar-refractivity contribution in [1.29, 1.82) is 0 Å². The van der Waals surface area contributed by atoms with Crippen LogP contribution in [0.5, 0.6) is 0 Å². The van der Waals surface area contributed by atoms with Crippen LogP contribution < -0.4 is 0 Å². The van der Waals surface area contributed by atoms with Crippen LogP contribution in [0.4, 0.5) is 13.2 Å². The summed E-state index contributed by atoms with van der Waals surface area (Å²) in [6, 6.07) is 6.20. The molecular weight excluding hydrogens is 255 g/mol. The van der Waals surface area contributed by atoms with Gasteiger partial charge in [-0.25, -0.2) is 4.98 Å². The molecular formula is C11H5ClF3NO. The third-order valence-corrected chi connectivity index (χ3v) is 2.42. The summed E-state index contributed by atoms with van der Waals surface area (Å²) in [5.41, 5.74) is -0.572. The number of fused-ring (bicyclic) bond motifs is 1. The number of halogens is 4. The molecule has 0 amide bonds. The zero-order valence-corrected chi connectivity index (χ0v) is 9.01. The van der Waals surface area contributed by atoms with Gasteiger partial charge in [0.25, 0.3) is 5.24 Å². The Bertz CT molecular complexity index is 595. The van der Waals surface area contributed by atoms with Crippen LogP contribution in [0.25, 0.3) is 10.9 Å². The first-order valence-corrected chi connectivity index (χ1v) is 4.93. The van der Waals surface area contributed by atoms with Crippen molar-refractivity contribution in [2.45, 2.75) is 6.18 Å². The first-order valence-electron chi connectivity index (χ1n) is 4.56. The molecule has 88 valence electrons. The number of hydrogen-bond donors (Lipinski definition) is 0. The minimum absolute atomic E-state index is 0.168. The van der Waals surface area contributed by atoms with E-state index in [0.717, 1.165) is 6.07 Å². The van der Waals surface area contributed by atoms with Gasteiger partial charge in [-0.3, -0.25) is 4.79 Å². The molecule has 0 N–H and O–H groups in total. The average molecular weight is 260 g/mol. The number of alkyl halides is 3. The fraction of sp³-hybridized carbons (Fsp3) is 0.0909. The molecule has 0 atom stereocenters. The fourth-order valence-electron chi connectivity index (χ4n) is 1.41. The minimum atomic E-state index is -4.48. The number of nitrogens with zero attached hydrogens (tertiary/aromatic N) is 1. The van der Waals surface area contributed by atoms with Gasteiger partial charge in [0, 0.05) is 10.9 Å². The molecule has 0 fully saturated rings. The summed E-state index contributed by atoms with van der Waals surface area (Å²) >= 11 is 5.27. The van der Waals surface area contributed by atoms with Crippen molar-refractivity contribution in [1.82, 2.24) is 4.98 Å². The molecule has 2 rings (SSSR count). The van der Waals surface area contributed by atoms with E-state index in [9.17, 15) is 18.0 Å². The van der Waals surface area contributed by atoms with Gasteiger partial charge in [-0.15, -0.1) is 0 Å². The highest BCUT2D eigenvalue weighted by atomic mass is 35.5. The normalized spacial score (nSPS) is 11.8. The Morgan fingerprint density at radius 1 is 1.18 bits per heavy atom. The number of pyridine rings is 1. The van der Waals surface area contributed by atoms with Crippen molar-refractivity contribution in [2.24, 2.45) is 0 Å². The van der Waals surface area contributed by atoms with E-state index in [-0.39, 0.29) is 11.1 Å². The number of rotatable bonds is 1. The zero-order valence-electron chi connectivity index (χ0n) is 8.25. The van der Waals surface area contributed by atoms with Gasteiger partial charge < -0.3 is 0 Å². The summed E-state index contributed by atoms with van der Waals surface area (Å²) in [5.74, 6) is 0. The summed E-state index contributed by atoms with van der Waals surface area (Å²) in [6.07, 6.45) is -4.48. The Morgan fingerprint density at radius 3 is 2.47 bits per heavy atom. The topological polar surface area (TPSA) is 30.0 Å². The van der Waals surface area contributed by atoms with Gasteiger partial charge >= 0.3 is 6.18 Å². The molecule has 1 heterocycles. The van der Waals surface area contributed by atoms with Crippen LogP contribution in [0.15, 0.2) is 30.3 Å². The third kappa shape index (κ3) is 2.39. The van der Waals surface area contributed by atoms with Crippen LogP contribution >= 0.6 is 11.6 Å². The Labute approximate surface area is 99.0 Å². The molecule has 1 aromatic heterocycles. The molecule has 17 heavy (non-hydrogen) atoms. The van der Waals surface area contributed by atoms with Crippen molar-refractivity contribution in [2.75, 3.05) is 0 Å². The number of hydrogen-bond acceptors (Lipinski definition) is 2. The predicted octanol–water partition coefficient (Wildman–Crippen LogP) is 3.63. The number of carbonyl (C=O) groups is 1. The van der Waals surface area contributed by atoms with Crippen LogP contribution in [-0.4, -0.2) is 10.2 Å². The first kappa shape index (κ1) is 11.9. The van der Waals surface area contributed by atoms with E-state index in [1.165, 1.54) is 24.3 Å². The number of carbonyl (C=O) groups excluding carboxylic acids is 1. The first-order chi connectivity index (χ1) is 7.88. The second-order valence-electron chi connectivity index (χ2n) is 3.38. The van der Waals surface area contributed by atoms with Gasteiger partial charge in [-0.1, -0.05) is 6.07 Å². The second kappa shape index (κ2) is 4.00. The van der Waals surface area contributed by atoms with Crippen molar-refractivity contribution >= 4 is 27.7 Å². The average Bonchev–Trinajstić information content (AvgIpc) is 2.26. The Hall–Kier alpha value is -1.62. The summed E-state index contributed by atoms with van der Waals surface area (Å²) < 4.78 is 37.2. The highest BCUT2D eigenvalue weighted by molar-refractivity contribution is 6.67. The molecule has 0 radical (unpaired) electrons. The standard InChI is InChI=1S/C11H5ClF3NO/c12-10(17)7-1-3-8-6(5-7)2-4-9(16-8)11(13,14)15/h1-5H. The molecule has 1 aromatic carbocycles. The second-order valence-corrected chi connectivity index (χ2v) is 3.72. The third-order valence-electron chi connectivity index (χ3n) is 2.21. The minimum Gasteiger partial charge on any atom is -0.276 e. The van der Waals surface area contributed by atoms with Gasteiger partial charge in [0.05, 0.1) is 5.52 Å². The quantitative estimate of drug-likeness (QED) is 0.732. The SMILES string of the molecule is O=C(Cl)c1ccc2nc(C(F)(F)F)ccc2c1. The lowest BCUT2D eigenvalue weighted by molar-refractivity contribution is -0.140. The predicted molar refractivity (Wildman–Crippen MR) is 56.9 cm³/mol. The molecule has 0 aliphatic carbocycles. The molecule has 0 aliphatic rings. The van der Waals surface area contributed by atoms with E-state index in [4.69, 9.17) is 11.6 Å². The largest absolute Gasteiger partial charge is 0.433 e. The van der Waals surface area contributed by atoms with Crippen molar-refractivity contribution < 1.29 is 18.0 Å². The van der Waals surface area contributed by atoms with E-state index >= 15 is 0 Å². The maximum absolute atomic E-state index is 12.4. The van der Waals surface area contributed by atoms with Crippen LogP contribution in [0.3, 0.4) is 0 Å². The molecule has 0 unspecified atom stereocenters. The van der Waals surface area contributed by atoms with Crippen molar-refractivity contribution in [3.63, 3.8) is 0 Å². The summed E-state index contributed by atoms with van der Waals surface area (Å²) in [7, 11) is 0. The lowest BCUT2D eigenvalue weighted by Crippen LogP contribution is -2.07. The van der Waals surface area contributed by atoms with Gasteiger partial charge in [-0.05, 0) is 35.9 Å². The monoisotopic (exact) mass is 259 g/mol. The molecule has 0 aliphatic heterocycles. The van der Waals surface area contributed by atoms with Gasteiger partial charge in [0.15, 0.2) is 0 Å². The van der Waals surface area contributed by atoms with Crippen LogP contribution in [0.1, 0.15) is 16.1 Å². The van der Waals surface area contributed by atoms with Crippen LogP contribution in [-0.2, 0) is 6.18 Å². The van der Waals surface area contributed by atoms with E-state index < -0.39 is 17.1 Å². The Kier molecular flexibility index (Phi) is 2.79. The maximum atomic E-state index is 12.4. The van der Waals surface area contributed by atoms with Crippen molar-refractivity contribution in [3.05, 3.63) is 41.6 Å². The molecule has 0 bridgehead atoms. The molecule has 0 spiro atoms. The van der Waals surface area contributed by atoms with E-state index in [0.29, 0.717) is 5.39 Å². The van der Waals surface area contributed by atoms with Gasteiger partial charge in [0.1, 0.15) is 5.69 Å². The number of aromatic nitrogens is 1. The maximum Gasteiger partial charge on any atom is 0.433 e. The number of benzene rings is 1.